The van der Waals surface area contributed by atoms with Crippen LogP contribution in [0.25, 0.3) is 10.2 Å². The lowest BCUT2D eigenvalue weighted by Crippen LogP contribution is -2.49. The quantitative estimate of drug-likeness (QED) is 0.568. The molecule has 1 amide bonds. The fourth-order valence-electron chi connectivity index (χ4n) is 3.68. The number of halogens is 1. The summed E-state index contributed by atoms with van der Waals surface area (Å²) in [5.74, 6) is 0.712. The molecule has 2 heterocycles. The van der Waals surface area contributed by atoms with Crippen molar-refractivity contribution in [3.05, 3.63) is 58.1 Å². The van der Waals surface area contributed by atoms with Crippen molar-refractivity contribution in [3.8, 4) is 0 Å². The highest BCUT2D eigenvalue weighted by Gasteiger charge is 2.23. The first-order valence-electron chi connectivity index (χ1n) is 10.1. The summed E-state index contributed by atoms with van der Waals surface area (Å²) in [6.45, 7) is 9.47. The average molecular weight is 428 g/mol. The molecule has 0 saturated carbocycles. The Balaban J connectivity index is 1.37. The Labute approximate surface area is 181 Å². The van der Waals surface area contributed by atoms with Crippen molar-refractivity contribution in [1.82, 2.24) is 9.88 Å². The van der Waals surface area contributed by atoms with Crippen LogP contribution in [0.3, 0.4) is 0 Å². The second-order valence-corrected chi connectivity index (χ2v) is 9.37. The number of carbonyl (C=O) groups is 1. The summed E-state index contributed by atoms with van der Waals surface area (Å²) in [6.07, 6.45) is 0.469. The number of hydrogen-bond donors (Lipinski definition) is 0. The number of fused-ring (bicyclic) bond motifs is 1. The lowest BCUT2D eigenvalue weighted by Gasteiger charge is -2.34. The second kappa shape index (κ2) is 8.33. The SMILES string of the molecule is Cc1c(Cl)ccc2sc(N3CCN(C(=O)Cc4ccc(C(C)C)cc4)CC3)nc12. The summed E-state index contributed by atoms with van der Waals surface area (Å²) < 4.78 is 1.16. The first kappa shape index (κ1) is 20.2. The van der Waals surface area contributed by atoms with E-state index in [1.807, 2.05) is 24.0 Å². The average Bonchev–Trinajstić information content (AvgIpc) is 3.16. The number of thiazole rings is 1. The molecule has 1 aliphatic rings. The normalized spacial score (nSPS) is 14.8. The van der Waals surface area contributed by atoms with Crippen LogP contribution in [0.5, 0.6) is 0 Å². The van der Waals surface area contributed by atoms with Crippen LogP contribution in [-0.2, 0) is 11.2 Å². The molecular formula is C23H26ClN3OS. The van der Waals surface area contributed by atoms with Gasteiger partial charge in [0.2, 0.25) is 5.91 Å². The van der Waals surface area contributed by atoms with E-state index in [0.717, 1.165) is 57.7 Å². The molecule has 0 spiro atoms. The maximum atomic E-state index is 12.7. The molecule has 1 aliphatic heterocycles. The highest BCUT2D eigenvalue weighted by Crippen LogP contribution is 2.33. The van der Waals surface area contributed by atoms with Crippen LogP contribution in [0, 0.1) is 6.92 Å². The number of aromatic nitrogens is 1. The van der Waals surface area contributed by atoms with Crippen LogP contribution < -0.4 is 4.90 Å². The molecule has 152 valence electrons. The molecule has 4 nitrogen and oxygen atoms in total. The highest BCUT2D eigenvalue weighted by atomic mass is 35.5. The maximum Gasteiger partial charge on any atom is 0.227 e. The standard InChI is InChI=1S/C23H26ClN3OS/c1-15(2)18-6-4-17(5-7-18)14-21(28)26-10-12-27(13-11-26)23-25-22-16(3)19(24)8-9-20(22)29-23/h4-9,15H,10-14H2,1-3H3. The third-order valence-electron chi connectivity index (χ3n) is 5.64. The van der Waals surface area contributed by atoms with Gasteiger partial charge in [0.15, 0.2) is 5.13 Å². The molecule has 2 aromatic carbocycles. The smallest absolute Gasteiger partial charge is 0.227 e. The lowest BCUT2D eigenvalue weighted by atomic mass is 10.0. The largest absolute Gasteiger partial charge is 0.345 e. The Morgan fingerprint density at radius 1 is 1.10 bits per heavy atom. The van der Waals surface area contributed by atoms with Crippen LogP contribution in [0.2, 0.25) is 5.02 Å². The van der Waals surface area contributed by atoms with Gasteiger partial charge in [0.05, 0.1) is 16.6 Å². The minimum Gasteiger partial charge on any atom is -0.345 e. The third-order valence-corrected chi connectivity index (χ3v) is 7.13. The van der Waals surface area contributed by atoms with Crippen LogP contribution in [0.15, 0.2) is 36.4 Å². The topological polar surface area (TPSA) is 36.4 Å². The molecule has 1 fully saturated rings. The predicted octanol–water partition coefficient (Wildman–Crippen LogP) is 5.27. The predicted molar refractivity (Wildman–Crippen MR) is 122 cm³/mol. The third kappa shape index (κ3) is 4.26. The fraction of sp³-hybridized carbons (Fsp3) is 0.391. The molecule has 1 saturated heterocycles. The molecule has 0 N–H and O–H groups in total. The fourth-order valence-corrected chi connectivity index (χ4v) is 4.91. The molecule has 0 radical (unpaired) electrons. The van der Waals surface area contributed by atoms with Gasteiger partial charge in [-0.3, -0.25) is 4.79 Å². The van der Waals surface area contributed by atoms with Gasteiger partial charge in [-0.2, -0.15) is 0 Å². The van der Waals surface area contributed by atoms with Gasteiger partial charge in [0, 0.05) is 31.2 Å². The Bertz CT molecular complexity index is 1020. The number of rotatable bonds is 4. The van der Waals surface area contributed by atoms with Crippen LogP contribution in [-0.4, -0.2) is 42.0 Å². The summed E-state index contributed by atoms with van der Waals surface area (Å²) in [4.78, 5) is 21.8. The molecule has 0 aliphatic carbocycles. The minimum atomic E-state index is 0.203. The van der Waals surface area contributed by atoms with E-state index in [1.165, 1.54) is 5.56 Å². The van der Waals surface area contributed by atoms with E-state index >= 15 is 0 Å². The summed E-state index contributed by atoms with van der Waals surface area (Å²) in [5, 5.41) is 1.77. The van der Waals surface area contributed by atoms with Crippen molar-refractivity contribution in [1.29, 1.82) is 0 Å². The van der Waals surface area contributed by atoms with Gasteiger partial charge in [-0.15, -0.1) is 0 Å². The van der Waals surface area contributed by atoms with Crippen molar-refractivity contribution < 1.29 is 4.79 Å². The van der Waals surface area contributed by atoms with E-state index in [0.29, 0.717) is 12.3 Å². The molecule has 0 bridgehead atoms. The second-order valence-electron chi connectivity index (χ2n) is 7.96. The number of piperazine rings is 1. The van der Waals surface area contributed by atoms with Gasteiger partial charge in [-0.1, -0.05) is 61.1 Å². The van der Waals surface area contributed by atoms with Gasteiger partial charge in [-0.25, -0.2) is 4.98 Å². The number of amides is 1. The minimum absolute atomic E-state index is 0.203. The molecule has 29 heavy (non-hydrogen) atoms. The van der Waals surface area contributed by atoms with E-state index in [9.17, 15) is 4.79 Å². The first-order chi connectivity index (χ1) is 13.9. The van der Waals surface area contributed by atoms with E-state index in [4.69, 9.17) is 16.6 Å². The zero-order chi connectivity index (χ0) is 20.5. The molecular weight excluding hydrogens is 402 g/mol. The van der Waals surface area contributed by atoms with Crippen molar-refractivity contribution in [2.75, 3.05) is 31.1 Å². The Kier molecular flexibility index (Phi) is 5.79. The summed E-state index contributed by atoms with van der Waals surface area (Å²) >= 11 is 7.93. The number of hydrogen-bond acceptors (Lipinski definition) is 4. The zero-order valence-corrected chi connectivity index (χ0v) is 18.7. The van der Waals surface area contributed by atoms with Crippen LogP contribution >= 0.6 is 22.9 Å². The molecule has 1 aromatic heterocycles. The Hall–Kier alpha value is -2.11. The van der Waals surface area contributed by atoms with Crippen molar-refractivity contribution in [3.63, 3.8) is 0 Å². The molecule has 6 heteroatoms. The summed E-state index contributed by atoms with van der Waals surface area (Å²) in [6, 6.07) is 12.4. The molecule has 4 rings (SSSR count). The van der Waals surface area contributed by atoms with Gasteiger partial charge >= 0.3 is 0 Å². The zero-order valence-electron chi connectivity index (χ0n) is 17.1. The van der Waals surface area contributed by atoms with Gasteiger partial charge in [0.25, 0.3) is 0 Å². The van der Waals surface area contributed by atoms with E-state index in [1.54, 1.807) is 11.3 Å². The van der Waals surface area contributed by atoms with Crippen molar-refractivity contribution in [2.24, 2.45) is 0 Å². The number of nitrogens with zero attached hydrogens (tertiary/aromatic N) is 3. The first-order valence-corrected chi connectivity index (χ1v) is 11.3. The number of aryl methyl sites for hydroxylation is 1. The number of anilines is 1. The maximum absolute atomic E-state index is 12.7. The van der Waals surface area contributed by atoms with Gasteiger partial charge in [0.1, 0.15) is 0 Å². The number of carbonyl (C=O) groups excluding carboxylic acids is 1. The molecule has 3 aromatic rings. The van der Waals surface area contributed by atoms with E-state index < -0.39 is 0 Å². The van der Waals surface area contributed by atoms with Crippen molar-refractivity contribution in [2.45, 2.75) is 33.1 Å². The lowest BCUT2D eigenvalue weighted by molar-refractivity contribution is -0.130. The molecule has 0 atom stereocenters. The monoisotopic (exact) mass is 427 g/mol. The van der Waals surface area contributed by atoms with Gasteiger partial charge in [-0.05, 0) is 41.7 Å². The van der Waals surface area contributed by atoms with Gasteiger partial charge < -0.3 is 9.80 Å². The summed E-state index contributed by atoms with van der Waals surface area (Å²) in [5.41, 5.74) is 4.41. The summed E-state index contributed by atoms with van der Waals surface area (Å²) in [7, 11) is 0. The highest BCUT2D eigenvalue weighted by molar-refractivity contribution is 7.22. The van der Waals surface area contributed by atoms with Crippen LogP contribution in [0.4, 0.5) is 5.13 Å². The number of benzene rings is 2. The van der Waals surface area contributed by atoms with Crippen LogP contribution in [0.1, 0.15) is 36.5 Å². The van der Waals surface area contributed by atoms with Crippen molar-refractivity contribution >= 4 is 44.2 Å². The van der Waals surface area contributed by atoms with E-state index in [2.05, 4.69) is 43.0 Å². The molecule has 0 unspecified atom stereocenters. The Morgan fingerprint density at radius 2 is 1.79 bits per heavy atom. The van der Waals surface area contributed by atoms with E-state index in [-0.39, 0.29) is 5.91 Å². The Morgan fingerprint density at radius 3 is 2.45 bits per heavy atom.